The van der Waals surface area contributed by atoms with E-state index < -0.39 is 12.3 Å². The highest BCUT2D eigenvalue weighted by atomic mass is 19.1. The first-order valence-corrected chi connectivity index (χ1v) is 2.23. The molecule has 0 aromatic rings. The Kier molecular flexibility index (Phi) is 2.23. The van der Waals surface area contributed by atoms with Crippen molar-refractivity contribution in [1.29, 1.82) is 0 Å². The number of hydrogen-bond donors (Lipinski definition) is 0. The van der Waals surface area contributed by atoms with E-state index in [0.717, 1.165) is 0 Å². The predicted octanol–water partition coefficient (Wildman–Crippen LogP) is 1.38. The van der Waals surface area contributed by atoms with Crippen LogP contribution in [0.5, 0.6) is 0 Å². The monoisotopic (exact) mass is 106 g/mol. The lowest BCUT2D eigenvalue weighted by Crippen LogP contribution is -2.24. The number of methoxy groups -OCH3 is 1. The number of ether oxygens (including phenoxy) is 1. The highest BCUT2D eigenvalue weighted by Gasteiger charge is 2.14. The van der Waals surface area contributed by atoms with Crippen LogP contribution in [0.15, 0.2) is 0 Å². The molecule has 0 saturated carbocycles. The van der Waals surface area contributed by atoms with Crippen LogP contribution in [0.25, 0.3) is 0 Å². The fourth-order valence-electron chi connectivity index (χ4n) is 0.0546. The van der Waals surface area contributed by atoms with Gasteiger partial charge in [0.2, 0.25) is 0 Å². The highest BCUT2D eigenvalue weighted by Crippen LogP contribution is 2.05. The molecule has 0 unspecified atom stereocenters. The second-order valence-corrected chi connectivity index (χ2v) is 2.10. The molecule has 0 radical (unpaired) electrons. The van der Waals surface area contributed by atoms with Gasteiger partial charge in [-0.3, -0.25) is 0 Å². The number of halogens is 1. The van der Waals surface area contributed by atoms with Crippen molar-refractivity contribution in [2.24, 2.45) is 0 Å². The van der Waals surface area contributed by atoms with Gasteiger partial charge in [0.25, 0.3) is 0 Å². The average Bonchev–Trinajstić information content (AvgIpc) is 1.68. The van der Waals surface area contributed by atoms with Crippen molar-refractivity contribution in [3.63, 3.8) is 0 Å². The summed E-state index contributed by atoms with van der Waals surface area (Å²) >= 11 is 0. The van der Waals surface area contributed by atoms with Gasteiger partial charge >= 0.3 is 0 Å². The van der Waals surface area contributed by atoms with E-state index in [9.17, 15) is 4.39 Å². The molecule has 0 rings (SSSR count). The molecule has 0 saturated heterocycles. The minimum atomic E-state index is -0.583. The van der Waals surface area contributed by atoms with Gasteiger partial charge in [-0.15, -0.1) is 0 Å². The van der Waals surface area contributed by atoms with Crippen molar-refractivity contribution in [2.75, 3.05) is 13.8 Å². The molecule has 0 aromatic carbocycles. The van der Waals surface area contributed by atoms with Crippen LogP contribution in [-0.4, -0.2) is 19.4 Å². The van der Waals surface area contributed by atoms with Crippen molar-refractivity contribution in [1.82, 2.24) is 0 Å². The zero-order valence-electron chi connectivity index (χ0n) is 4.99. The molecule has 0 aliphatic rings. The summed E-state index contributed by atoms with van der Waals surface area (Å²) in [5.41, 5.74) is -0.583. The molecule has 0 bridgehead atoms. The Labute approximate surface area is 43.5 Å². The lowest BCUT2D eigenvalue weighted by molar-refractivity contribution is 0.00247. The summed E-state index contributed by atoms with van der Waals surface area (Å²) in [6.07, 6.45) is 0. The lowest BCUT2D eigenvalue weighted by atomic mass is 10.2. The standard InChI is InChI=1S/C5H11FO/c1-5(2,4-6)7-3/h4H2,1-3H3. The normalized spacial score (nSPS) is 12.0. The van der Waals surface area contributed by atoms with Crippen LogP contribution in [0.1, 0.15) is 13.8 Å². The van der Waals surface area contributed by atoms with Crippen molar-refractivity contribution in [3.8, 4) is 0 Å². The van der Waals surface area contributed by atoms with Crippen molar-refractivity contribution in [3.05, 3.63) is 0 Å². The summed E-state index contributed by atoms with van der Waals surface area (Å²) in [6.45, 7) is 2.98. The Morgan fingerprint density at radius 2 is 2.00 bits per heavy atom. The Morgan fingerprint density at radius 1 is 1.57 bits per heavy atom. The second kappa shape index (κ2) is 2.26. The first-order valence-electron chi connectivity index (χ1n) is 2.23. The van der Waals surface area contributed by atoms with E-state index in [1.165, 1.54) is 7.11 Å². The van der Waals surface area contributed by atoms with Crippen LogP contribution in [-0.2, 0) is 4.74 Å². The number of alkyl halides is 1. The maximum Gasteiger partial charge on any atom is 0.118 e. The minimum absolute atomic E-state index is 0.427. The van der Waals surface area contributed by atoms with E-state index in [4.69, 9.17) is 4.74 Å². The largest absolute Gasteiger partial charge is 0.376 e. The Morgan fingerprint density at radius 3 is 2.00 bits per heavy atom. The summed E-state index contributed by atoms with van der Waals surface area (Å²) in [5.74, 6) is 0. The number of hydrogen-bond acceptors (Lipinski definition) is 1. The summed E-state index contributed by atoms with van der Waals surface area (Å²) < 4.78 is 16.4. The average molecular weight is 106 g/mol. The fraction of sp³-hybridized carbons (Fsp3) is 1.00. The van der Waals surface area contributed by atoms with Gasteiger partial charge in [-0.25, -0.2) is 4.39 Å². The molecule has 0 fully saturated rings. The molecule has 0 spiro atoms. The molecule has 0 amide bonds. The first-order chi connectivity index (χ1) is 3.12. The van der Waals surface area contributed by atoms with Crippen molar-refractivity contribution in [2.45, 2.75) is 19.4 Å². The zero-order chi connectivity index (χ0) is 5.91. The van der Waals surface area contributed by atoms with Gasteiger partial charge in [-0.1, -0.05) is 0 Å². The molecule has 44 valence electrons. The molecule has 0 aliphatic heterocycles. The quantitative estimate of drug-likeness (QED) is 0.516. The van der Waals surface area contributed by atoms with Gasteiger partial charge in [0.1, 0.15) is 6.67 Å². The molecule has 0 heterocycles. The van der Waals surface area contributed by atoms with Crippen molar-refractivity contribution >= 4 is 0 Å². The van der Waals surface area contributed by atoms with Crippen LogP contribution < -0.4 is 0 Å². The van der Waals surface area contributed by atoms with Gasteiger partial charge in [-0.2, -0.15) is 0 Å². The topological polar surface area (TPSA) is 9.23 Å². The van der Waals surface area contributed by atoms with E-state index in [-0.39, 0.29) is 0 Å². The molecular weight excluding hydrogens is 95.1 g/mol. The third-order valence-electron chi connectivity index (χ3n) is 0.874. The summed E-state index contributed by atoms with van der Waals surface area (Å²) in [6, 6.07) is 0. The smallest absolute Gasteiger partial charge is 0.118 e. The van der Waals surface area contributed by atoms with E-state index >= 15 is 0 Å². The minimum Gasteiger partial charge on any atom is -0.376 e. The van der Waals surface area contributed by atoms with Gasteiger partial charge in [0.05, 0.1) is 5.60 Å². The molecule has 0 atom stereocenters. The van der Waals surface area contributed by atoms with E-state index in [2.05, 4.69) is 0 Å². The third kappa shape index (κ3) is 2.57. The SMILES string of the molecule is COC(C)(C)CF. The maximum atomic E-state index is 11.6. The lowest BCUT2D eigenvalue weighted by Gasteiger charge is -2.16. The Balaban J connectivity index is 3.36. The third-order valence-corrected chi connectivity index (χ3v) is 0.874. The van der Waals surface area contributed by atoms with Crippen LogP contribution >= 0.6 is 0 Å². The van der Waals surface area contributed by atoms with E-state index in [0.29, 0.717) is 0 Å². The maximum absolute atomic E-state index is 11.6. The van der Waals surface area contributed by atoms with Gasteiger partial charge in [0, 0.05) is 7.11 Å². The first kappa shape index (κ1) is 6.89. The molecule has 2 heteroatoms. The van der Waals surface area contributed by atoms with Crippen molar-refractivity contribution < 1.29 is 9.13 Å². The molecule has 0 aromatic heterocycles. The van der Waals surface area contributed by atoms with Gasteiger partial charge in [0.15, 0.2) is 0 Å². The second-order valence-electron chi connectivity index (χ2n) is 2.10. The van der Waals surface area contributed by atoms with Crippen LogP contribution in [0.4, 0.5) is 4.39 Å². The van der Waals surface area contributed by atoms with E-state index in [1.807, 2.05) is 0 Å². The Hall–Kier alpha value is -0.110. The van der Waals surface area contributed by atoms with Gasteiger partial charge < -0.3 is 4.74 Å². The molecule has 0 aliphatic carbocycles. The highest BCUT2D eigenvalue weighted by molar-refractivity contribution is 4.63. The zero-order valence-corrected chi connectivity index (χ0v) is 4.99. The fourth-order valence-corrected chi connectivity index (χ4v) is 0.0546. The summed E-state index contributed by atoms with van der Waals surface area (Å²) in [4.78, 5) is 0. The van der Waals surface area contributed by atoms with Gasteiger partial charge in [-0.05, 0) is 13.8 Å². The van der Waals surface area contributed by atoms with Crippen LogP contribution in [0, 0.1) is 0 Å². The molecular formula is C5H11FO. The van der Waals surface area contributed by atoms with Crippen LogP contribution in [0.3, 0.4) is 0 Å². The number of rotatable bonds is 2. The summed E-state index contributed by atoms with van der Waals surface area (Å²) in [7, 11) is 1.50. The Bertz CT molecular complexity index is 46.0. The molecule has 0 N–H and O–H groups in total. The van der Waals surface area contributed by atoms with Crippen LogP contribution in [0.2, 0.25) is 0 Å². The summed E-state index contributed by atoms with van der Waals surface area (Å²) in [5, 5.41) is 0. The molecule has 7 heavy (non-hydrogen) atoms. The predicted molar refractivity (Wildman–Crippen MR) is 27.1 cm³/mol. The van der Waals surface area contributed by atoms with E-state index in [1.54, 1.807) is 13.8 Å². The molecule has 1 nitrogen and oxygen atoms in total.